The molecule has 0 spiro atoms. The number of halogens is 2. The number of hydrogen-bond acceptors (Lipinski definition) is 4. The van der Waals surface area contributed by atoms with Crippen LogP contribution in [0.1, 0.15) is 19.8 Å². The smallest absolute Gasteiger partial charge is 0.309 e. The molecule has 1 aliphatic rings. The van der Waals surface area contributed by atoms with Gasteiger partial charge in [-0.1, -0.05) is 0 Å². The number of piperidine rings is 1. The second-order valence-electron chi connectivity index (χ2n) is 4.95. The van der Waals surface area contributed by atoms with E-state index >= 15 is 0 Å². The summed E-state index contributed by atoms with van der Waals surface area (Å²) in [5.41, 5.74) is 0.204. The summed E-state index contributed by atoms with van der Waals surface area (Å²) in [6.45, 7) is 3.11. The van der Waals surface area contributed by atoms with E-state index in [4.69, 9.17) is 9.47 Å². The van der Waals surface area contributed by atoms with Crippen LogP contribution in [0.4, 0.5) is 14.5 Å². The molecule has 6 heteroatoms. The van der Waals surface area contributed by atoms with Crippen LogP contribution in [0.5, 0.6) is 5.75 Å². The highest BCUT2D eigenvalue weighted by Crippen LogP contribution is 2.30. The van der Waals surface area contributed by atoms with Crippen molar-refractivity contribution in [3.63, 3.8) is 0 Å². The second-order valence-corrected chi connectivity index (χ2v) is 4.95. The van der Waals surface area contributed by atoms with Crippen molar-refractivity contribution in [2.45, 2.75) is 19.8 Å². The van der Waals surface area contributed by atoms with Gasteiger partial charge in [-0.3, -0.25) is 4.79 Å². The summed E-state index contributed by atoms with van der Waals surface area (Å²) in [6.07, 6.45) is 1.15. The van der Waals surface area contributed by atoms with E-state index in [2.05, 4.69) is 0 Å². The number of methoxy groups -OCH3 is 1. The minimum atomic E-state index is -0.596. The van der Waals surface area contributed by atoms with Crippen LogP contribution in [0.25, 0.3) is 0 Å². The van der Waals surface area contributed by atoms with Crippen LogP contribution in [0.2, 0.25) is 0 Å². The molecule has 1 heterocycles. The van der Waals surface area contributed by atoms with Crippen molar-refractivity contribution in [2.24, 2.45) is 5.92 Å². The lowest BCUT2D eigenvalue weighted by atomic mass is 9.96. The van der Waals surface area contributed by atoms with E-state index in [1.807, 2.05) is 0 Å². The lowest BCUT2D eigenvalue weighted by Gasteiger charge is -2.32. The van der Waals surface area contributed by atoms with Crippen molar-refractivity contribution in [3.8, 4) is 5.75 Å². The van der Waals surface area contributed by atoms with E-state index < -0.39 is 11.6 Å². The van der Waals surface area contributed by atoms with Gasteiger partial charge in [0.25, 0.3) is 0 Å². The SMILES string of the molecule is CCOC(=O)C1CCN(c2cc(F)c(OC)cc2F)CC1. The molecule has 0 radical (unpaired) electrons. The minimum absolute atomic E-state index is 0.113. The average molecular weight is 299 g/mol. The van der Waals surface area contributed by atoms with Crippen molar-refractivity contribution < 1.29 is 23.0 Å². The highest BCUT2D eigenvalue weighted by atomic mass is 19.1. The van der Waals surface area contributed by atoms with Crippen LogP contribution in [0, 0.1) is 17.6 Å². The summed E-state index contributed by atoms with van der Waals surface area (Å²) in [4.78, 5) is 13.4. The molecule has 0 atom stereocenters. The molecule has 0 aliphatic carbocycles. The lowest BCUT2D eigenvalue weighted by Crippen LogP contribution is -2.37. The largest absolute Gasteiger partial charge is 0.494 e. The zero-order valence-electron chi connectivity index (χ0n) is 12.2. The van der Waals surface area contributed by atoms with Gasteiger partial charge in [0, 0.05) is 25.2 Å². The van der Waals surface area contributed by atoms with Crippen LogP contribution in [-0.2, 0) is 9.53 Å². The number of ether oxygens (including phenoxy) is 2. The molecule has 0 saturated carbocycles. The monoisotopic (exact) mass is 299 g/mol. The molecule has 1 fully saturated rings. The molecule has 1 aromatic rings. The normalized spacial score (nSPS) is 15.9. The Bertz CT molecular complexity index is 514. The number of esters is 1. The highest BCUT2D eigenvalue weighted by Gasteiger charge is 2.27. The van der Waals surface area contributed by atoms with Crippen molar-refractivity contribution in [2.75, 3.05) is 31.7 Å². The molecule has 1 aromatic carbocycles. The summed E-state index contributed by atoms with van der Waals surface area (Å²) < 4.78 is 37.4. The first-order chi connectivity index (χ1) is 10.1. The van der Waals surface area contributed by atoms with Gasteiger partial charge in [-0.05, 0) is 19.8 Å². The van der Waals surface area contributed by atoms with E-state index in [0.29, 0.717) is 32.5 Å². The van der Waals surface area contributed by atoms with E-state index in [1.54, 1.807) is 11.8 Å². The standard InChI is InChI=1S/C15H19F2NO3/c1-3-21-15(19)10-4-6-18(7-5-10)13-8-12(17)14(20-2)9-11(13)16/h8-10H,3-7H2,1-2H3. The number of rotatable bonds is 4. The van der Waals surface area contributed by atoms with E-state index in [9.17, 15) is 13.6 Å². The molecule has 2 rings (SSSR count). The predicted molar refractivity (Wildman–Crippen MR) is 74.5 cm³/mol. The Morgan fingerprint density at radius 1 is 1.29 bits per heavy atom. The molecule has 21 heavy (non-hydrogen) atoms. The first kappa shape index (κ1) is 15.5. The summed E-state index contributed by atoms with van der Waals surface area (Å²) in [7, 11) is 1.29. The highest BCUT2D eigenvalue weighted by molar-refractivity contribution is 5.73. The van der Waals surface area contributed by atoms with Gasteiger partial charge in [0.05, 0.1) is 25.3 Å². The number of nitrogens with zero attached hydrogens (tertiary/aromatic N) is 1. The van der Waals surface area contributed by atoms with Crippen molar-refractivity contribution in [1.29, 1.82) is 0 Å². The fourth-order valence-electron chi connectivity index (χ4n) is 2.53. The molecule has 116 valence electrons. The maximum Gasteiger partial charge on any atom is 0.309 e. The van der Waals surface area contributed by atoms with Crippen LogP contribution < -0.4 is 9.64 Å². The fourth-order valence-corrected chi connectivity index (χ4v) is 2.53. The Hall–Kier alpha value is -1.85. The lowest BCUT2D eigenvalue weighted by molar-refractivity contribution is -0.148. The minimum Gasteiger partial charge on any atom is -0.494 e. The van der Waals surface area contributed by atoms with Gasteiger partial charge in [0.1, 0.15) is 5.82 Å². The Morgan fingerprint density at radius 3 is 2.52 bits per heavy atom. The first-order valence-electron chi connectivity index (χ1n) is 7.01. The number of anilines is 1. The zero-order valence-corrected chi connectivity index (χ0v) is 12.2. The molecule has 0 aromatic heterocycles. The van der Waals surface area contributed by atoms with Crippen LogP contribution in [0.3, 0.4) is 0 Å². The van der Waals surface area contributed by atoms with Gasteiger partial charge < -0.3 is 14.4 Å². The molecule has 1 saturated heterocycles. The van der Waals surface area contributed by atoms with E-state index in [-0.39, 0.29) is 23.3 Å². The molecular weight excluding hydrogens is 280 g/mol. The van der Waals surface area contributed by atoms with E-state index in [1.165, 1.54) is 7.11 Å². The first-order valence-corrected chi connectivity index (χ1v) is 7.01. The van der Waals surface area contributed by atoms with Crippen LogP contribution in [0.15, 0.2) is 12.1 Å². The van der Waals surface area contributed by atoms with Gasteiger partial charge in [0.2, 0.25) is 0 Å². The third kappa shape index (κ3) is 3.43. The molecular formula is C15H19F2NO3. The summed E-state index contributed by atoms with van der Waals surface area (Å²) in [5.74, 6) is -1.60. The number of hydrogen-bond donors (Lipinski definition) is 0. The Kier molecular flexibility index (Phi) is 4.98. The van der Waals surface area contributed by atoms with Gasteiger partial charge >= 0.3 is 5.97 Å². The predicted octanol–water partition coefficient (Wildman–Crippen LogP) is 2.75. The average Bonchev–Trinajstić information content (AvgIpc) is 2.49. The molecule has 0 amide bonds. The maximum atomic E-state index is 14.0. The summed E-state index contributed by atoms with van der Waals surface area (Å²) in [6, 6.07) is 2.18. The van der Waals surface area contributed by atoms with Gasteiger partial charge in [-0.2, -0.15) is 0 Å². The molecule has 0 unspecified atom stereocenters. The van der Waals surface area contributed by atoms with Gasteiger partial charge in [0.15, 0.2) is 11.6 Å². The van der Waals surface area contributed by atoms with Crippen molar-refractivity contribution >= 4 is 11.7 Å². The summed E-state index contributed by atoms with van der Waals surface area (Å²) >= 11 is 0. The van der Waals surface area contributed by atoms with E-state index in [0.717, 1.165) is 12.1 Å². The Morgan fingerprint density at radius 2 is 1.95 bits per heavy atom. The van der Waals surface area contributed by atoms with Crippen molar-refractivity contribution in [3.05, 3.63) is 23.8 Å². The number of carbonyl (C=O) groups excluding carboxylic acids is 1. The van der Waals surface area contributed by atoms with Crippen molar-refractivity contribution in [1.82, 2.24) is 0 Å². The molecule has 0 bridgehead atoms. The fraction of sp³-hybridized carbons (Fsp3) is 0.533. The topological polar surface area (TPSA) is 38.8 Å². The Balaban J connectivity index is 2.05. The number of benzene rings is 1. The number of carbonyl (C=O) groups is 1. The Labute approximate surface area is 122 Å². The third-order valence-electron chi connectivity index (χ3n) is 3.68. The van der Waals surface area contributed by atoms with Crippen LogP contribution in [-0.4, -0.2) is 32.8 Å². The second kappa shape index (κ2) is 6.74. The third-order valence-corrected chi connectivity index (χ3v) is 3.68. The maximum absolute atomic E-state index is 14.0. The van der Waals surface area contributed by atoms with Gasteiger partial charge in [-0.15, -0.1) is 0 Å². The van der Waals surface area contributed by atoms with Gasteiger partial charge in [-0.25, -0.2) is 8.78 Å². The summed E-state index contributed by atoms with van der Waals surface area (Å²) in [5, 5.41) is 0. The molecule has 4 nitrogen and oxygen atoms in total. The molecule has 0 N–H and O–H groups in total. The van der Waals surface area contributed by atoms with Crippen LogP contribution >= 0.6 is 0 Å². The quantitative estimate of drug-likeness (QED) is 0.801. The molecule has 1 aliphatic heterocycles. The zero-order chi connectivity index (χ0) is 15.4.